The average Bonchev–Trinajstić information content (AvgIpc) is 2.69. The van der Waals surface area contributed by atoms with Crippen LogP contribution >= 0.6 is 0 Å². The minimum absolute atomic E-state index is 0.221. The van der Waals surface area contributed by atoms with Crippen molar-refractivity contribution in [1.29, 1.82) is 0 Å². The third-order valence-electron chi connectivity index (χ3n) is 4.14. The summed E-state index contributed by atoms with van der Waals surface area (Å²) in [6, 6.07) is 6.21. The van der Waals surface area contributed by atoms with Gasteiger partial charge in [-0.3, -0.25) is 0 Å². The quantitative estimate of drug-likeness (QED) is 0.465. The maximum absolute atomic E-state index is 12.0. The first-order chi connectivity index (χ1) is 13.9. The van der Waals surface area contributed by atoms with Crippen LogP contribution in [-0.4, -0.2) is 49.3 Å². The molecule has 0 aliphatic rings. The molecule has 4 amide bonds. The molecule has 1 aromatic carbocycles. The molecule has 0 bridgehead atoms. The summed E-state index contributed by atoms with van der Waals surface area (Å²) < 4.78 is 9.29. The Labute approximate surface area is 176 Å². The molecule has 0 aliphatic heterocycles. The van der Waals surface area contributed by atoms with Gasteiger partial charge in [-0.1, -0.05) is 24.3 Å². The largest absolute Gasteiger partial charge is 0.467 e. The van der Waals surface area contributed by atoms with Crippen LogP contribution in [0, 0.1) is 0 Å². The minimum atomic E-state index is -1.16. The van der Waals surface area contributed by atoms with Crippen molar-refractivity contribution in [3.8, 4) is 0 Å². The molecule has 0 heterocycles. The highest BCUT2D eigenvalue weighted by atomic mass is 16.5. The number of benzene rings is 1. The SMILES string of the molecule is COC(=O)C(C)(C)NC(=O)NCc1cccc(CNC(=O)NC(C)(C)C(=O)OC)c1. The number of methoxy groups -OCH3 is 2. The number of hydrogen-bond donors (Lipinski definition) is 4. The number of carbonyl (C=O) groups excluding carboxylic acids is 4. The predicted molar refractivity (Wildman–Crippen MR) is 109 cm³/mol. The Morgan fingerprint density at radius 1 is 0.767 bits per heavy atom. The van der Waals surface area contributed by atoms with Crippen molar-refractivity contribution in [3.63, 3.8) is 0 Å². The van der Waals surface area contributed by atoms with E-state index in [1.54, 1.807) is 6.07 Å². The predicted octanol–water partition coefficient (Wildman–Crippen LogP) is 1.19. The molecule has 10 heteroatoms. The number of carbonyl (C=O) groups is 4. The van der Waals surface area contributed by atoms with Gasteiger partial charge in [0.2, 0.25) is 0 Å². The summed E-state index contributed by atoms with van der Waals surface area (Å²) >= 11 is 0. The lowest BCUT2D eigenvalue weighted by atomic mass is 10.1. The smallest absolute Gasteiger partial charge is 0.331 e. The highest BCUT2D eigenvalue weighted by molar-refractivity contribution is 5.87. The van der Waals surface area contributed by atoms with Crippen LogP contribution in [0.5, 0.6) is 0 Å². The second-order valence-corrected chi connectivity index (χ2v) is 7.67. The Bertz CT molecular complexity index is 730. The first-order valence-corrected chi connectivity index (χ1v) is 9.28. The van der Waals surface area contributed by atoms with Gasteiger partial charge in [0.15, 0.2) is 0 Å². The van der Waals surface area contributed by atoms with Crippen molar-refractivity contribution in [3.05, 3.63) is 35.4 Å². The maximum atomic E-state index is 12.0. The van der Waals surface area contributed by atoms with E-state index in [0.29, 0.717) is 0 Å². The number of hydrogen-bond acceptors (Lipinski definition) is 6. The van der Waals surface area contributed by atoms with Crippen LogP contribution in [0.1, 0.15) is 38.8 Å². The standard InChI is InChI=1S/C20H30N4O6/c1-19(2,15(25)29-5)23-17(27)21-11-13-8-7-9-14(10-13)12-22-18(28)24-20(3,4)16(26)30-6/h7-10H,11-12H2,1-6H3,(H2,21,23,27)(H2,22,24,28). The number of nitrogens with one attached hydrogen (secondary N) is 4. The van der Waals surface area contributed by atoms with E-state index in [2.05, 4.69) is 30.7 Å². The Morgan fingerprint density at radius 3 is 1.47 bits per heavy atom. The first-order valence-electron chi connectivity index (χ1n) is 9.28. The van der Waals surface area contributed by atoms with Gasteiger partial charge in [-0.05, 0) is 38.8 Å². The highest BCUT2D eigenvalue weighted by Gasteiger charge is 2.31. The van der Waals surface area contributed by atoms with E-state index in [0.717, 1.165) is 11.1 Å². The van der Waals surface area contributed by atoms with Crippen molar-refractivity contribution >= 4 is 24.0 Å². The summed E-state index contributed by atoms with van der Waals surface area (Å²) in [5.41, 5.74) is -0.711. The second kappa shape index (κ2) is 10.5. The molecule has 0 spiro atoms. The van der Waals surface area contributed by atoms with Gasteiger partial charge in [-0.25, -0.2) is 19.2 Å². The van der Waals surface area contributed by atoms with Gasteiger partial charge in [0, 0.05) is 13.1 Å². The molecule has 1 rings (SSSR count). The molecule has 0 saturated heterocycles. The van der Waals surface area contributed by atoms with Crippen molar-refractivity contribution < 1.29 is 28.7 Å². The number of rotatable bonds is 8. The molecule has 0 atom stereocenters. The van der Waals surface area contributed by atoms with Crippen LogP contribution < -0.4 is 21.3 Å². The fraction of sp³-hybridized carbons (Fsp3) is 0.500. The van der Waals surface area contributed by atoms with Gasteiger partial charge in [-0.2, -0.15) is 0 Å². The third-order valence-corrected chi connectivity index (χ3v) is 4.14. The lowest BCUT2D eigenvalue weighted by molar-refractivity contribution is -0.147. The second-order valence-electron chi connectivity index (χ2n) is 7.67. The number of urea groups is 2. The lowest BCUT2D eigenvalue weighted by Crippen LogP contribution is -2.53. The molecule has 0 radical (unpaired) electrons. The zero-order valence-electron chi connectivity index (χ0n) is 18.2. The molecular formula is C20H30N4O6. The third kappa shape index (κ3) is 7.61. The number of amides is 4. The fourth-order valence-corrected chi connectivity index (χ4v) is 2.48. The molecule has 1 aromatic rings. The van der Waals surface area contributed by atoms with Gasteiger partial charge in [0.25, 0.3) is 0 Å². The van der Waals surface area contributed by atoms with E-state index in [1.807, 2.05) is 18.2 Å². The Hall–Kier alpha value is -3.30. The molecule has 166 valence electrons. The van der Waals surface area contributed by atoms with Crippen LogP contribution in [0.25, 0.3) is 0 Å². The fourth-order valence-electron chi connectivity index (χ4n) is 2.48. The molecule has 0 unspecified atom stereocenters. The molecular weight excluding hydrogens is 392 g/mol. The summed E-state index contributed by atoms with van der Waals surface area (Å²) in [5.74, 6) is -1.11. The highest BCUT2D eigenvalue weighted by Crippen LogP contribution is 2.08. The zero-order valence-corrected chi connectivity index (χ0v) is 18.2. The van der Waals surface area contributed by atoms with E-state index in [9.17, 15) is 19.2 Å². The summed E-state index contributed by atoms with van der Waals surface area (Å²) in [6.45, 7) is 6.60. The van der Waals surface area contributed by atoms with E-state index in [-0.39, 0.29) is 13.1 Å². The van der Waals surface area contributed by atoms with E-state index >= 15 is 0 Å². The average molecular weight is 422 g/mol. The first kappa shape index (κ1) is 24.7. The van der Waals surface area contributed by atoms with Crippen molar-refractivity contribution in [2.75, 3.05) is 14.2 Å². The minimum Gasteiger partial charge on any atom is -0.467 e. The summed E-state index contributed by atoms with van der Waals surface area (Å²) in [4.78, 5) is 47.3. The maximum Gasteiger partial charge on any atom is 0.331 e. The van der Waals surface area contributed by atoms with E-state index in [1.165, 1.54) is 41.9 Å². The molecule has 4 N–H and O–H groups in total. The van der Waals surface area contributed by atoms with Crippen LogP contribution in [-0.2, 0) is 32.2 Å². The van der Waals surface area contributed by atoms with Crippen LogP contribution in [0.3, 0.4) is 0 Å². The zero-order chi connectivity index (χ0) is 22.9. The van der Waals surface area contributed by atoms with Crippen LogP contribution in [0.15, 0.2) is 24.3 Å². The van der Waals surface area contributed by atoms with Crippen LogP contribution in [0.2, 0.25) is 0 Å². The number of ether oxygens (including phenoxy) is 2. The number of esters is 2. The van der Waals surface area contributed by atoms with Crippen molar-refractivity contribution in [2.45, 2.75) is 51.9 Å². The van der Waals surface area contributed by atoms with E-state index < -0.39 is 35.1 Å². The van der Waals surface area contributed by atoms with E-state index in [4.69, 9.17) is 0 Å². The molecule has 0 aromatic heterocycles. The van der Waals surface area contributed by atoms with Crippen molar-refractivity contribution in [2.24, 2.45) is 0 Å². The van der Waals surface area contributed by atoms with Crippen molar-refractivity contribution in [1.82, 2.24) is 21.3 Å². The molecule has 0 aliphatic carbocycles. The summed E-state index contributed by atoms with van der Waals surface area (Å²) in [7, 11) is 2.50. The topological polar surface area (TPSA) is 135 Å². The van der Waals surface area contributed by atoms with Gasteiger partial charge in [0.1, 0.15) is 11.1 Å². The van der Waals surface area contributed by atoms with Gasteiger partial charge < -0.3 is 30.7 Å². The lowest BCUT2D eigenvalue weighted by Gasteiger charge is -2.23. The van der Waals surface area contributed by atoms with Crippen LogP contribution in [0.4, 0.5) is 9.59 Å². The Morgan fingerprint density at radius 2 is 1.13 bits per heavy atom. The van der Waals surface area contributed by atoms with Gasteiger partial charge in [-0.15, -0.1) is 0 Å². The van der Waals surface area contributed by atoms with Gasteiger partial charge >= 0.3 is 24.0 Å². The van der Waals surface area contributed by atoms with Gasteiger partial charge in [0.05, 0.1) is 14.2 Å². The summed E-state index contributed by atoms with van der Waals surface area (Å²) in [5, 5.41) is 10.4. The molecule has 10 nitrogen and oxygen atoms in total. The molecule has 0 saturated carbocycles. The molecule has 30 heavy (non-hydrogen) atoms. The molecule has 0 fully saturated rings. The Kier molecular flexibility index (Phi) is 8.63. The summed E-state index contributed by atoms with van der Waals surface area (Å²) in [6.07, 6.45) is 0. The normalized spacial score (nSPS) is 11.1. The Balaban J connectivity index is 2.57. The monoisotopic (exact) mass is 422 g/mol.